The Labute approximate surface area is 125 Å². The lowest BCUT2D eigenvalue weighted by Gasteiger charge is -2.24. The van der Waals surface area contributed by atoms with Crippen molar-refractivity contribution >= 4 is 17.5 Å². The quantitative estimate of drug-likeness (QED) is 0.802. The highest BCUT2D eigenvalue weighted by atomic mass is 16.2. The average Bonchev–Trinajstić information content (AvgIpc) is 3.28. The fourth-order valence-corrected chi connectivity index (χ4v) is 2.31. The van der Waals surface area contributed by atoms with Gasteiger partial charge in [0.1, 0.15) is 0 Å². The number of para-hydroxylation sites is 1. The molecule has 1 aliphatic rings. The lowest BCUT2D eigenvalue weighted by atomic mass is 10.1. The van der Waals surface area contributed by atoms with Crippen LogP contribution in [0.4, 0.5) is 5.69 Å². The minimum atomic E-state index is -0.107. The minimum Gasteiger partial charge on any atom is -0.338 e. The first kappa shape index (κ1) is 15.5. The van der Waals surface area contributed by atoms with Crippen LogP contribution in [0.25, 0.3) is 0 Å². The first-order valence-corrected chi connectivity index (χ1v) is 7.46. The molecule has 21 heavy (non-hydrogen) atoms. The van der Waals surface area contributed by atoms with Crippen molar-refractivity contribution in [1.29, 1.82) is 0 Å². The summed E-state index contributed by atoms with van der Waals surface area (Å²) in [4.78, 5) is 25.5. The van der Waals surface area contributed by atoms with Crippen LogP contribution in [0.1, 0.15) is 31.7 Å². The molecule has 1 saturated carbocycles. The van der Waals surface area contributed by atoms with Crippen LogP contribution < -0.4 is 11.1 Å². The standard InChI is InChI=1S/C16H23N3O2/c1-12(20)18-15-6-3-2-5-14(15)11-19(10-4-9-17)16(21)13-7-8-13/h2-3,5-6,13H,4,7-11,17H2,1H3,(H,18,20). The molecule has 1 aromatic rings. The van der Waals surface area contributed by atoms with E-state index in [0.29, 0.717) is 19.6 Å². The Balaban J connectivity index is 2.11. The van der Waals surface area contributed by atoms with Gasteiger partial charge in [0.25, 0.3) is 0 Å². The van der Waals surface area contributed by atoms with E-state index in [1.807, 2.05) is 29.2 Å². The summed E-state index contributed by atoms with van der Waals surface area (Å²) < 4.78 is 0. The van der Waals surface area contributed by atoms with Gasteiger partial charge in [-0.1, -0.05) is 18.2 Å². The topological polar surface area (TPSA) is 75.4 Å². The van der Waals surface area contributed by atoms with Crippen molar-refractivity contribution < 1.29 is 9.59 Å². The molecule has 0 spiro atoms. The molecule has 0 saturated heterocycles. The van der Waals surface area contributed by atoms with Gasteiger partial charge in [-0.25, -0.2) is 0 Å². The van der Waals surface area contributed by atoms with Crippen molar-refractivity contribution in [3.8, 4) is 0 Å². The van der Waals surface area contributed by atoms with Gasteiger partial charge < -0.3 is 16.0 Å². The highest BCUT2D eigenvalue weighted by Gasteiger charge is 2.33. The van der Waals surface area contributed by atoms with Crippen LogP contribution in [-0.4, -0.2) is 29.8 Å². The number of anilines is 1. The van der Waals surface area contributed by atoms with E-state index in [-0.39, 0.29) is 17.7 Å². The Morgan fingerprint density at radius 1 is 1.33 bits per heavy atom. The van der Waals surface area contributed by atoms with Gasteiger partial charge in [-0.05, 0) is 37.4 Å². The molecular formula is C16H23N3O2. The maximum absolute atomic E-state index is 12.3. The first-order chi connectivity index (χ1) is 10.1. The molecular weight excluding hydrogens is 266 g/mol. The summed E-state index contributed by atoms with van der Waals surface area (Å²) in [5.74, 6) is 0.293. The number of rotatable bonds is 7. The zero-order chi connectivity index (χ0) is 15.2. The highest BCUT2D eigenvalue weighted by Crippen LogP contribution is 2.32. The fourth-order valence-electron chi connectivity index (χ4n) is 2.31. The Morgan fingerprint density at radius 2 is 2.05 bits per heavy atom. The Bertz CT molecular complexity index is 512. The van der Waals surface area contributed by atoms with Gasteiger partial charge in [0, 0.05) is 31.6 Å². The maximum atomic E-state index is 12.3. The smallest absolute Gasteiger partial charge is 0.225 e. The van der Waals surface area contributed by atoms with E-state index in [1.54, 1.807) is 0 Å². The van der Waals surface area contributed by atoms with Crippen molar-refractivity contribution in [2.45, 2.75) is 32.7 Å². The Kier molecular flexibility index (Phi) is 5.33. The molecule has 0 heterocycles. The molecule has 2 rings (SSSR count). The molecule has 2 amide bonds. The number of carbonyl (C=O) groups excluding carboxylic acids is 2. The zero-order valence-corrected chi connectivity index (χ0v) is 12.5. The van der Waals surface area contributed by atoms with E-state index in [1.165, 1.54) is 6.92 Å². The molecule has 5 nitrogen and oxygen atoms in total. The first-order valence-electron chi connectivity index (χ1n) is 7.46. The van der Waals surface area contributed by atoms with Crippen LogP contribution in [-0.2, 0) is 16.1 Å². The third-order valence-corrected chi connectivity index (χ3v) is 3.56. The van der Waals surface area contributed by atoms with Crippen molar-refractivity contribution in [3.63, 3.8) is 0 Å². The van der Waals surface area contributed by atoms with Crippen molar-refractivity contribution in [1.82, 2.24) is 4.90 Å². The summed E-state index contributed by atoms with van der Waals surface area (Å²) in [6.45, 7) is 3.24. The highest BCUT2D eigenvalue weighted by molar-refractivity contribution is 5.89. The Hall–Kier alpha value is -1.88. The van der Waals surface area contributed by atoms with E-state index in [4.69, 9.17) is 5.73 Å². The van der Waals surface area contributed by atoms with E-state index in [2.05, 4.69) is 5.32 Å². The predicted molar refractivity (Wildman–Crippen MR) is 82.6 cm³/mol. The molecule has 5 heteroatoms. The molecule has 0 atom stereocenters. The molecule has 0 unspecified atom stereocenters. The van der Waals surface area contributed by atoms with Crippen LogP contribution in [0.2, 0.25) is 0 Å². The van der Waals surface area contributed by atoms with Gasteiger partial charge in [-0.15, -0.1) is 0 Å². The fraction of sp³-hybridized carbons (Fsp3) is 0.500. The van der Waals surface area contributed by atoms with Crippen LogP contribution in [0, 0.1) is 5.92 Å². The zero-order valence-electron chi connectivity index (χ0n) is 12.5. The normalized spacial score (nSPS) is 13.8. The number of nitrogens with one attached hydrogen (secondary N) is 1. The summed E-state index contributed by atoms with van der Waals surface area (Å²) in [6.07, 6.45) is 2.78. The van der Waals surface area contributed by atoms with Gasteiger partial charge >= 0.3 is 0 Å². The maximum Gasteiger partial charge on any atom is 0.225 e. The van der Waals surface area contributed by atoms with Crippen molar-refractivity contribution in [3.05, 3.63) is 29.8 Å². The molecule has 0 aromatic heterocycles. The van der Waals surface area contributed by atoms with Crippen LogP contribution in [0.15, 0.2) is 24.3 Å². The second kappa shape index (κ2) is 7.22. The molecule has 3 N–H and O–H groups in total. The summed E-state index contributed by atoms with van der Waals surface area (Å²) >= 11 is 0. The van der Waals surface area contributed by atoms with Crippen molar-refractivity contribution in [2.75, 3.05) is 18.4 Å². The lowest BCUT2D eigenvalue weighted by Crippen LogP contribution is -2.34. The minimum absolute atomic E-state index is 0.107. The van der Waals surface area contributed by atoms with Gasteiger partial charge in [-0.2, -0.15) is 0 Å². The van der Waals surface area contributed by atoms with Gasteiger partial charge in [0.15, 0.2) is 0 Å². The summed E-state index contributed by atoms with van der Waals surface area (Å²) in [7, 11) is 0. The molecule has 0 radical (unpaired) electrons. The molecule has 0 aliphatic heterocycles. The summed E-state index contributed by atoms with van der Waals surface area (Å²) in [5.41, 5.74) is 7.29. The van der Waals surface area contributed by atoms with Gasteiger partial charge in [0.05, 0.1) is 0 Å². The van der Waals surface area contributed by atoms with Gasteiger partial charge in [-0.3, -0.25) is 9.59 Å². The second-order valence-electron chi connectivity index (χ2n) is 5.51. The number of amides is 2. The molecule has 114 valence electrons. The lowest BCUT2D eigenvalue weighted by molar-refractivity contribution is -0.133. The summed E-state index contributed by atoms with van der Waals surface area (Å²) in [6, 6.07) is 7.60. The largest absolute Gasteiger partial charge is 0.338 e. The van der Waals surface area contributed by atoms with E-state index >= 15 is 0 Å². The Morgan fingerprint density at radius 3 is 2.67 bits per heavy atom. The number of carbonyl (C=O) groups is 2. The number of benzene rings is 1. The van der Waals surface area contributed by atoms with Gasteiger partial charge in [0.2, 0.25) is 11.8 Å². The van der Waals surface area contributed by atoms with Crippen LogP contribution >= 0.6 is 0 Å². The number of nitrogens with zero attached hydrogens (tertiary/aromatic N) is 1. The molecule has 0 bridgehead atoms. The monoisotopic (exact) mass is 289 g/mol. The van der Waals surface area contributed by atoms with Crippen molar-refractivity contribution in [2.24, 2.45) is 11.7 Å². The third-order valence-electron chi connectivity index (χ3n) is 3.56. The molecule has 1 aliphatic carbocycles. The SMILES string of the molecule is CC(=O)Nc1ccccc1CN(CCCN)C(=O)C1CC1. The second-order valence-corrected chi connectivity index (χ2v) is 5.51. The number of hydrogen-bond donors (Lipinski definition) is 2. The predicted octanol–water partition coefficient (Wildman–Crippen LogP) is 1.73. The summed E-state index contributed by atoms with van der Waals surface area (Å²) in [5, 5.41) is 2.82. The van der Waals surface area contributed by atoms with E-state index < -0.39 is 0 Å². The molecule has 1 aromatic carbocycles. The number of nitrogens with two attached hydrogens (primary N) is 1. The van der Waals surface area contributed by atoms with Crippen LogP contribution in [0.5, 0.6) is 0 Å². The van der Waals surface area contributed by atoms with Crippen LogP contribution in [0.3, 0.4) is 0 Å². The average molecular weight is 289 g/mol. The van der Waals surface area contributed by atoms with E-state index in [9.17, 15) is 9.59 Å². The molecule has 1 fully saturated rings. The van der Waals surface area contributed by atoms with E-state index in [0.717, 1.165) is 30.5 Å². The third kappa shape index (κ3) is 4.56. The number of hydrogen-bond acceptors (Lipinski definition) is 3.